The van der Waals surface area contributed by atoms with E-state index in [0.717, 1.165) is 0 Å². The number of aliphatic hydroxyl groups is 1. The molecule has 1 unspecified atom stereocenters. The number of aliphatic hydroxyl groups excluding tert-OH is 1. The lowest BCUT2D eigenvalue weighted by Crippen LogP contribution is -2.36. The first-order valence-electron chi connectivity index (χ1n) is 4.91. The third-order valence-electron chi connectivity index (χ3n) is 1.96. The van der Waals surface area contributed by atoms with E-state index < -0.39 is 6.10 Å². The second-order valence-corrected chi connectivity index (χ2v) is 4.87. The van der Waals surface area contributed by atoms with Gasteiger partial charge in [-0.05, 0) is 22.9 Å². The molecule has 2 amide bonds. The number of halogens is 2. The molecule has 0 bridgehead atoms. The van der Waals surface area contributed by atoms with Crippen LogP contribution in [0.15, 0.2) is 16.9 Å². The molecule has 0 saturated carbocycles. The Kier molecular flexibility index (Phi) is 5.17. The summed E-state index contributed by atoms with van der Waals surface area (Å²) in [5.74, 6) is 0. The summed E-state index contributed by atoms with van der Waals surface area (Å²) in [4.78, 5) is 17.0. The predicted molar refractivity (Wildman–Crippen MR) is 70.3 cm³/mol. The Balaban J connectivity index is 2.71. The summed E-state index contributed by atoms with van der Waals surface area (Å²) in [6.07, 6.45) is 2.42. The van der Waals surface area contributed by atoms with E-state index in [2.05, 4.69) is 26.2 Å². The van der Waals surface area contributed by atoms with Crippen molar-refractivity contribution < 1.29 is 9.90 Å². The minimum atomic E-state index is -0.582. The van der Waals surface area contributed by atoms with Gasteiger partial charge in [0.1, 0.15) is 0 Å². The minimum Gasteiger partial charge on any atom is -0.392 e. The van der Waals surface area contributed by atoms with Crippen LogP contribution in [0.25, 0.3) is 0 Å². The molecule has 0 fully saturated rings. The number of pyridine rings is 1. The van der Waals surface area contributed by atoms with E-state index >= 15 is 0 Å². The van der Waals surface area contributed by atoms with Gasteiger partial charge in [0.15, 0.2) is 0 Å². The van der Waals surface area contributed by atoms with E-state index in [1.54, 1.807) is 14.0 Å². The Morgan fingerprint density at radius 2 is 2.35 bits per heavy atom. The third-order valence-corrected chi connectivity index (χ3v) is 3.20. The molecule has 1 aromatic rings. The van der Waals surface area contributed by atoms with Crippen molar-refractivity contribution in [1.29, 1.82) is 0 Å². The first-order valence-corrected chi connectivity index (χ1v) is 6.08. The number of nitrogens with one attached hydrogen (secondary N) is 1. The van der Waals surface area contributed by atoms with Crippen molar-refractivity contribution in [2.75, 3.05) is 18.9 Å². The minimum absolute atomic E-state index is 0.241. The molecule has 0 saturated heterocycles. The van der Waals surface area contributed by atoms with Crippen LogP contribution >= 0.6 is 27.5 Å². The first kappa shape index (κ1) is 14.2. The highest BCUT2D eigenvalue weighted by Crippen LogP contribution is 2.28. The molecule has 5 nitrogen and oxygen atoms in total. The molecule has 0 spiro atoms. The largest absolute Gasteiger partial charge is 0.392 e. The lowest BCUT2D eigenvalue weighted by Gasteiger charge is -2.19. The molecule has 0 aliphatic heterocycles. The summed E-state index contributed by atoms with van der Waals surface area (Å²) in [6, 6.07) is -0.354. The van der Waals surface area contributed by atoms with Gasteiger partial charge >= 0.3 is 6.03 Å². The van der Waals surface area contributed by atoms with Gasteiger partial charge in [0.2, 0.25) is 0 Å². The zero-order chi connectivity index (χ0) is 13.0. The smallest absolute Gasteiger partial charge is 0.321 e. The zero-order valence-electron chi connectivity index (χ0n) is 9.44. The molecular formula is C10H13BrClN3O2. The molecule has 0 aliphatic carbocycles. The van der Waals surface area contributed by atoms with Crippen molar-refractivity contribution in [2.45, 2.75) is 13.0 Å². The SMILES string of the molecule is CC(O)CN(C)C(=O)Nc1cncc(Br)c1Cl. The van der Waals surface area contributed by atoms with E-state index in [4.69, 9.17) is 16.7 Å². The lowest BCUT2D eigenvalue weighted by molar-refractivity contribution is 0.149. The standard InChI is InChI=1S/C10H13BrClN3O2/c1-6(16)5-15(2)10(17)14-8-4-13-3-7(11)9(8)12/h3-4,6,16H,5H2,1-2H3,(H,14,17). The maximum atomic E-state index is 11.7. The fraction of sp³-hybridized carbons (Fsp3) is 0.400. The number of rotatable bonds is 3. The quantitative estimate of drug-likeness (QED) is 0.897. The number of likely N-dealkylation sites (N-methyl/N-ethyl adjacent to an activating group) is 1. The first-order chi connectivity index (χ1) is 7.91. The van der Waals surface area contributed by atoms with Crippen LogP contribution in [-0.2, 0) is 0 Å². The summed E-state index contributed by atoms with van der Waals surface area (Å²) in [5, 5.41) is 12.2. The fourth-order valence-corrected chi connectivity index (χ4v) is 1.67. The van der Waals surface area contributed by atoms with Gasteiger partial charge in [0.05, 0.1) is 27.5 Å². The average Bonchev–Trinajstić information content (AvgIpc) is 2.23. The number of urea groups is 1. The number of hydrogen-bond donors (Lipinski definition) is 2. The summed E-state index contributed by atoms with van der Waals surface area (Å²) in [5.41, 5.74) is 0.420. The van der Waals surface area contributed by atoms with Crippen LogP contribution in [0.2, 0.25) is 5.02 Å². The van der Waals surface area contributed by atoms with E-state index in [1.165, 1.54) is 17.3 Å². The van der Waals surface area contributed by atoms with Crippen LogP contribution in [0.5, 0.6) is 0 Å². The monoisotopic (exact) mass is 321 g/mol. The van der Waals surface area contributed by atoms with Gasteiger partial charge in [0, 0.05) is 19.8 Å². The maximum absolute atomic E-state index is 11.7. The van der Waals surface area contributed by atoms with Crippen LogP contribution in [0.3, 0.4) is 0 Å². The van der Waals surface area contributed by atoms with Crippen molar-refractivity contribution in [3.8, 4) is 0 Å². The van der Waals surface area contributed by atoms with E-state index in [0.29, 0.717) is 15.2 Å². The molecule has 1 atom stereocenters. The van der Waals surface area contributed by atoms with Crippen molar-refractivity contribution in [3.05, 3.63) is 21.9 Å². The molecular weight excluding hydrogens is 309 g/mol. The Morgan fingerprint density at radius 1 is 1.71 bits per heavy atom. The van der Waals surface area contributed by atoms with Crippen molar-refractivity contribution in [3.63, 3.8) is 0 Å². The molecule has 2 N–H and O–H groups in total. The second kappa shape index (κ2) is 6.18. The Bertz CT molecular complexity index is 415. The third kappa shape index (κ3) is 4.14. The topological polar surface area (TPSA) is 65.5 Å². The summed E-state index contributed by atoms with van der Waals surface area (Å²) < 4.78 is 0.607. The molecule has 1 rings (SSSR count). The van der Waals surface area contributed by atoms with Crippen molar-refractivity contribution in [1.82, 2.24) is 9.88 Å². The second-order valence-electron chi connectivity index (χ2n) is 3.64. The van der Waals surface area contributed by atoms with E-state index in [-0.39, 0.29) is 12.6 Å². The number of carbonyl (C=O) groups is 1. The maximum Gasteiger partial charge on any atom is 0.321 e. The Hall–Kier alpha value is -0.850. The molecule has 0 radical (unpaired) electrons. The summed E-state index contributed by atoms with van der Waals surface area (Å²) in [6.45, 7) is 1.85. The molecule has 1 heterocycles. The number of anilines is 1. The highest BCUT2D eigenvalue weighted by Gasteiger charge is 2.13. The lowest BCUT2D eigenvalue weighted by atomic mass is 10.4. The summed E-state index contributed by atoms with van der Waals surface area (Å²) >= 11 is 9.19. The van der Waals surface area contributed by atoms with E-state index in [1.807, 2.05) is 0 Å². The zero-order valence-corrected chi connectivity index (χ0v) is 11.8. The number of carbonyl (C=O) groups excluding carboxylic acids is 1. The molecule has 7 heteroatoms. The molecule has 0 aromatic carbocycles. The van der Waals surface area contributed by atoms with Crippen LogP contribution in [0.4, 0.5) is 10.5 Å². The highest BCUT2D eigenvalue weighted by atomic mass is 79.9. The molecule has 94 valence electrons. The van der Waals surface area contributed by atoms with Gasteiger partial charge in [-0.1, -0.05) is 11.6 Å². The van der Waals surface area contributed by atoms with Gasteiger partial charge < -0.3 is 15.3 Å². The fourth-order valence-electron chi connectivity index (χ4n) is 1.20. The predicted octanol–water partition coefficient (Wildman–Crippen LogP) is 2.34. The van der Waals surface area contributed by atoms with Gasteiger partial charge in [-0.15, -0.1) is 0 Å². The number of amides is 2. The van der Waals surface area contributed by atoms with Crippen LogP contribution in [0, 0.1) is 0 Å². The van der Waals surface area contributed by atoms with E-state index in [9.17, 15) is 4.79 Å². The van der Waals surface area contributed by atoms with Gasteiger partial charge in [-0.3, -0.25) is 4.98 Å². The normalized spacial score (nSPS) is 12.1. The van der Waals surface area contributed by atoms with Crippen molar-refractivity contribution >= 4 is 39.2 Å². The van der Waals surface area contributed by atoms with Crippen LogP contribution < -0.4 is 5.32 Å². The average molecular weight is 323 g/mol. The van der Waals surface area contributed by atoms with Crippen LogP contribution in [0.1, 0.15) is 6.92 Å². The van der Waals surface area contributed by atoms with Gasteiger partial charge in [0.25, 0.3) is 0 Å². The number of aromatic nitrogens is 1. The highest BCUT2D eigenvalue weighted by molar-refractivity contribution is 9.10. The number of hydrogen-bond acceptors (Lipinski definition) is 3. The molecule has 17 heavy (non-hydrogen) atoms. The molecule has 1 aromatic heterocycles. The van der Waals surface area contributed by atoms with Crippen LogP contribution in [-0.4, -0.2) is 40.7 Å². The van der Waals surface area contributed by atoms with Gasteiger partial charge in [-0.2, -0.15) is 0 Å². The van der Waals surface area contributed by atoms with Crippen molar-refractivity contribution in [2.24, 2.45) is 0 Å². The Labute approximate surface area is 113 Å². The molecule has 0 aliphatic rings. The number of nitrogens with zero attached hydrogens (tertiary/aromatic N) is 2. The summed E-state index contributed by atoms with van der Waals surface area (Å²) in [7, 11) is 1.58. The van der Waals surface area contributed by atoms with Gasteiger partial charge in [-0.25, -0.2) is 4.79 Å². The Morgan fingerprint density at radius 3 is 2.94 bits per heavy atom.